The molecule has 1 fully saturated rings. The second-order valence-electron chi connectivity index (χ2n) is 7.23. The van der Waals surface area contributed by atoms with Crippen molar-refractivity contribution >= 4 is 45.9 Å². The summed E-state index contributed by atoms with van der Waals surface area (Å²) in [5, 5.41) is 13.0. The molecule has 1 saturated heterocycles. The van der Waals surface area contributed by atoms with E-state index in [0.29, 0.717) is 36.6 Å². The van der Waals surface area contributed by atoms with Crippen molar-refractivity contribution in [3.05, 3.63) is 40.6 Å². The van der Waals surface area contributed by atoms with Gasteiger partial charge >= 0.3 is 0 Å². The fourth-order valence-corrected chi connectivity index (χ4v) is 5.40. The van der Waals surface area contributed by atoms with Crippen molar-refractivity contribution < 1.29 is 14.0 Å². The Morgan fingerprint density at radius 2 is 2.13 bits per heavy atom. The molecular weight excluding hydrogens is 420 g/mol. The summed E-state index contributed by atoms with van der Waals surface area (Å²) < 4.78 is 6.76. The largest absolute Gasteiger partial charge is 0.451 e. The molecule has 0 spiro atoms. The number of carbonyl (C=O) groups is 2. The maximum Gasteiger partial charge on any atom is 0.287 e. The van der Waals surface area contributed by atoms with Crippen LogP contribution in [0.25, 0.3) is 11.0 Å². The number of furan rings is 1. The number of amides is 2. The summed E-state index contributed by atoms with van der Waals surface area (Å²) in [6.45, 7) is 3.62. The van der Waals surface area contributed by atoms with Gasteiger partial charge < -0.3 is 14.6 Å². The summed E-state index contributed by atoms with van der Waals surface area (Å²) in [7, 11) is 0. The summed E-state index contributed by atoms with van der Waals surface area (Å²) in [5.41, 5.74) is 1.54. The number of aryl methyl sites for hydroxylation is 1. The predicted octanol–water partition coefficient (Wildman–Crippen LogP) is 4.02. The van der Waals surface area contributed by atoms with Gasteiger partial charge in [-0.25, -0.2) is 0 Å². The fourth-order valence-electron chi connectivity index (χ4n) is 3.56. The number of nitrogens with one attached hydrogen (secondary N) is 1. The lowest BCUT2D eigenvalue weighted by Crippen LogP contribution is -2.38. The van der Waals surface area contributed by atoms with Crippen LogP contribution in [-0.2, 0) is 10.5 Å². The zero-order valence-corrected chi connectivity index (χ0v) is 18.5. The van der Waals surface area contributed by atoms with Crippen LogP contribution in [0.3, 0.4) is 0 Å². The molecule has 2 amide bonds. The zero-order chi connectivity index (χ0) is 20.9. The summed E-state index contributed by atoms with van der Waals surface area (Å²) >= 11 is 3.08. The van der Waals surface area contributed by atoms with Crippen LogP contribution in [0.1, 0.15) is 46.8 Å². The molecule has 0 unspecified atom stereocenters. The first-order chi connectivity index (χ1) is 14.6. The molecule has 30 heavy (non-hydrogen) atoms. The molecule has 0 saturated carbocycles. The average molecular weight is 445 g/mol. The molecule has 1 aliphatic heterocycles. The summed E-state index contributed by atoms with van der Waals surface area (Å²) in [6, 6.07) is 7.66. The Morgan fingerprint density at radius 3 is 2.97 bits per heavy atom. The maximum atomic E-state index is 12.9. The molecule has 0 bridgehead atoms. The number of aromatic nitrogens is 2. The van der Waals surface area contributed by atoms with Gasteiger partial charge in [-0.2, -0.15) is 0 Å². The number of fused-ring (bicyclic) bond motifs is 1. The Hall–Kier alpha value is -2.39. The standard InChI is InChI=1S/C21H24N4O3S2/c1-14-23-24-21(30-14)29-13-16-15-7-4-5-8-17(15)28-19(16)20(27)22-10-12-25-11-6-2-3-9-18(25)26/h4-5,7-8H,2-3,6,9-13H2,1H3,(H,22,27). The Morgan fingerprint density at radius 1 is 1.27 bits per heavy atom. The minimum Gasteiger partial charge on any atom is -0.451 e. The molecule has 0 radical (unpaired) electrons. The van der Waals surface area contributed by atoms with Gasteiger partial charge in [0, 0.05) is 42.8 Å². The molecule has 2 aromatic heterocycles. The van der Waals surface area contributed by atoms with Crippen LogP contribution >= 0.6 is 23.1 Å². The number of rotatable bonds is 7. The van der Waals surface area contributed by atoms with Crippen LogP contribution < -0.4 is 5.32 Å². The molecule has 4 rings (SSSR count). The van der Waals surface area contributed by atoms with Gasteiger partial charge in [0.25, 0.3) is 5.91 Å². The van der Waals surface area contributed by atoms with Crippen LogP contribution in [0.5, 0.6) is 0 Å². The minimum atomic E-state index is -0.252. The number of likely N-dealkylation sites (tertiary alicyclic amines) is 1. The maximum absolute atomic E-state index is 12.9. The van der Waals surface area contributed by atoms with Gasteiger partial charge in [-0.1, -0.05) is 47.7 Å². The van der Waals surface area contributed by atoms with Crippen LogP contribution in [0, 0.1) is 6.92 Å². The topological polar surface area (TPSA) is 88.3 Å². The molecule has 1 aromatic carbocycles. The average Bonchev–Trinajstić information content (AvgIpc) is 3.26. The van der Waals surface area contributed by atoms with Crippen molar-refractivity contribution in [2.75, 3.05) is 19.6 Å². The molecule has 3 aromatic rings. The number of hydrogen-bond donors (Lipinski definition) is 1. The molecule has 158 valence electrons. The number of para-hydroxylation sites is 1. The molecule has 9 heteroatoms. The zero-order valence-electron chi connectivity index (χ0n) is 16.8. The summed E-state index contributed by atoms with van der Waals surface area (Å²) in [6.07, 6.45) is 3.66. The molecule has 1 N–H and O–H groups in total. The molecule has 1 aliphatic rings. The van der Waals surface area contributed by atoms with Crippen molar-refractivity contribution in [2.24, 2.45) is 0 Å². The first-order valence-electron chi connectivity index (χ1n) is 10.1. The van der Waals surface area contributed by atoms with Crippen molar-refractivity contribution in [1.29, 1.82) is 0 Å². The first-order valence-corrected chi connectivity index (χ1v) is 11.9. The van der Waals surface area contributed by atoms with E-state index in [1.165, 1.54) is 11.3 Å². The monoisotopic (exact) mass is 444 g/mol. The van der Waals surface area contributed by atoms with E-state index in [4.69, 9.17) is 4.42 Å². The van der Waals surface area contributed by atoms with E-state index in [-0.39, 0.29) is 11.8 Å². The van der Waals surface area contributed by atoms with Gasteiger partial charge in [0.15, 0.2) is 10.1 Å². The number of hydrogen-bond acceptors (Lipinski definition) is 7. The summed E-state index contributed by atoms with van der Waals surface area (Å²) in [5.74, 6) is 0.818. The highest BCUT2D eigenvalue weighted by molar-refractivity contribution is 8.00. The Bertz CT molecular complexity index is 1050. The van der Waals surface area contributed by atoms with Crippen LogP contribution in [0.2, 0.25) is 0 Å². The fraction of sp³-hybridized carbons (Fsp3) is 0.429. The Labute approximate surface area is 183 Å². The second kappa shape index (κ2) is 9.61. The number of carbonyl (C=O) groups excluding carboxylic acids is 2. The minimum absolute atomic E-state index is 0.176. The third-order valence-corrected chi connectivity index (χ3v) is 7.09. The van der Waals surface area contributed by atoms with Crippen molar-refractivity contribution in [2.45, 2.75) is 42.7 Å². The third-order valence-electron chi connectivity index (χ3n) is 5.09. The van der Waals surface area contributed by atoms with E-state index < -0.39 is 0 Å². The lowest BCUT2D eigenvalue weighted by Gasteiger charge is -2.20. The third kappa shape index (κ3) is 4.84. The van der Waals surface area contributed by atoms with Crippen LogP contribution in [0.15, 0.2) is 33.0 Å². The van der Waals surface area contributed by atoms with Crippen molar-refractivity contribution in [3.8, 4) is 0 Å². The van der Waals surface area contributed by atoms with E-state index in [1.807, 2.05) is 36.1 Å². The molecule has 0 aliphatic carbocycles. The van der Waals surface area contributed by atoms with Gasteiger partial charge in [-0.3, -0.25) is 9.59 Å². The lowest BCUT2D eigenvalue weighted by molar-refractivity contribution is -0.130. The SMILES string of the molecule is Cc1nnc(SCc2c(C(=O)NCCN3CCCCCC3=O)oc3ccccc23)s1. The summed E-state index contributed by atoms with van der Waals surface area (Å²) in [4.78, 5) is 26.9. The Balaban J connectivity index is 1.45. The number of benzene rings is 1. The van der Waals surface area contributed by atoms with Crippen LogP contribution in [0.4, 0.5) is 0 Å². The van der Waals surface area contributed by atoms with Gasteiger partial charge in [0.05, 0.1) is 0 Å². The van der Waals surface area contributed by atoms with Crippen molar-refractivity contribution in [3.63, 3.8) is 0 Å². The highest BCUT2D eigenvalue weighted by Crippen LogP contribution is 2.33. The van der Waals surface area contributed by atoms with E-state index in [9.17, 15) is 9.59 Å². The van der Waals surface area contributed by atoms with E-state index in [2.05, 4.69) is 15.5 Å². The number of thioether (sulfide) groups is 1. The van der Waals surface area contributed by atoms with Gasteiger partial charge in [0.2, 0.25) is 5.91 Å². The highest BCUT2D eigenvalue weighted by Gasteiger charge is 2.22. The van der Waals surface area contributed by atoms with Crippen LogP contribution in [-0.4, -0.2) is 46.5 Å². The van der Waals surface area contributed by atoms with E-state index >= 15 is 0 Å². The molecule has 0 atom stereocenters. The lowest BCUT2D eigenvalue weighted by atomic mass is 10.1. The predicted molar refractivity (Wildman–Crippen MR) is 118 cm³/mol. The van der Waals surface area contributed by atoms with Gasteiger partial charge in [-0.15, -0.1) is 10.2 Å². The van der Waals surface area contributed by atoms with Gasteiger partial charge in [-0.05, 0) is 25.8 Å². The molecular formula is C21H24N4O3S2. The quantitative estimate of drug-likeness (QED) is 0.554. The first kappa shape index (κ1) is 20.9. The Kier molecular flexibility index (Phi) is 6.69. The van der Waals surface area contributed by atoms with E-state index in [1.54, 1.807) is 11.8 Å². The van der Waals surface area contributed by atoms with Crippen molar-refractivity contribution in [1.82, 2.24) is 20.4 Å². The number of nitrogens with zero attached hydrogens (tertiary/aromatic N) is 3. The molecule has 3 heterocycles. The van der Waals surface area contributed by atoms with Gasteiger partial charge in [0.1, 0.15) is 10.6 Å². The normalized spacial score (nSPS) is 14.8. The highest BCUT2D eigenvalue weighted by atomic mass is 32.2. The second-order valence-corrected chi connectivity index (χ2v) is 9.63. The smallest absolute Gasteiger partial charge is 0.287 e. The molecule has 7 nitrogen and oxygen atoms in total. The van der Waals surface area contributed by atoms with E-state index in [0.717, 1.165) is 46.1 Å².